The van der Waals surface area contributed by atoms with E-state index < -0.39 is 0 Å². The first kappa shape index (κ1) is 19.4. The molecule has 0 radical (unpaired) electrons. The molecule has 0 atom stereocenters. The van der Waals surface area contributed by atoms with E-state index in [4.69, 9.17) is 0 Å². The molecule has 1 N–H and O–H groups in total. The minimum Gasteiger partial charge on any atom is -0.394 e. The fourth-order valence-corrected chi connectivity index (χ4v) is 2.23. The highest BCUT2D eigenvalue weighted by Crippen LogP contribution is 2.17. The monoisotopic (exact) mass is 321 g/mol. The molecule has 0 bridgehead atoms. The van der Waals surface area contributed by atoms with Crippen LogP contribution in [0.15, 0.2) is 78.7 Å². The average molecular weight is 321 g/mol. The van der Waals surface area contributed by atoms with Crippen molar-refractivity contribution in [3.8, 4) is 0 Å². The molecule has 0 amide bonds. The van der Waals surface area contributed by atoms with Crippen LogP contribution in [0.3, 0.4) is 0 Å². The molecule has 2 aromatic rings. The Morgan fingerprint density at radius 1 is 1.04 bits per heavy atom. The molecule has 0 aliphatic heterocycles. The van der Waals surface area contributed by atoms with Crippen LogP contribution in [0.25, 0.3) is 17.0 Å². The third kappa shape index (κ3) is 5.88. The molecule has 2 nitrogen and oxygen atoms in total. The van der Waals surface area contributed by atoms with E-state index >= 15 is 0 Å². The van der Waals surface area contributed by atoms with Gasteiger partial charge in [-0.3, -0.25) is 0 Å². The Kier molecular flexibility index (Phi) is 8.91. The van der Waals surface area contributed by atoms with Gasteiger partial charge in [-0.2, -0.15) is 0 Å². The summed E-state index contributed by atoms with van der Waals surface area (Å²) in [5.74, 6) is 0. The van der Waals surface area contributed by atoms with Crippen molar-refractivity contribution in [2.45, 2.75) is 20.8 Å². The Morgan fingerprint density at radius 2 is 1.79 bits per heavy atom. The van der Waals surface area contributed by atoms with Crippen LogP contribution in [-0.2, 0) is 7.05 Å². The van der Waals surface area contributed by atoms with Crippen molar-refractivity contribution in [3.63, 3.8) is 0 Å². The summed E-state index contributed by atoms with van der Waals surface area (Å²) in [6.07, 6.45) is 16.4. The van der Waals surface area contributed by atoms with E-state index in [-0.39, 0.29) is 0 Å². The lowest BCUT2D eigenvalue weighted by Crippen LogP contribution is -2.28. The van der Waals surface area contributed by atoms with E-state index in [1.165, 1.54) is 22.0 Å². The Balaban J connectivity index is 0.00000139. The summed E-state index contributed by atoms with van der Waals surface area (Å²) in [5.41, 5.74) is 3.69. The van der Waals surface area contributed by atoms with E-state index in [1.54, 1.807) is 0 Å². The number of para-hydroxylation sites is 1. The van der Waals surface area contributed by atoms with Crippen LogP contribution in [0.5, 0.6) is 0 Å². The zero-order valence-corrected chi connectivity index (χ0v) is 15.5. The smallest absolute Gasteiger partial charge is 0.212 e. The van der Waals surface area contributed by atoms with Gasteiger partial charge >= 0.3 is 0 Å². The normalized spacial score (nSPS) is 12.1. The van der Waals surface area contributed by atoms with Crippen molar-refractivity contribution in [2.75, 3.05) is 7.05 Å². The maximum atomic E-state index is 2.96. The molecule has 0 spiro atoms. The Bertz CT molecular complexity index is 750. The predicted molar refractivity (Wildman–Crippen MR) is 107 cm³/mol. The van der Waals surface area contributed by atoms with Gasteiger partial charge in [-0.05, 0) is 30.8 Å². The van der Waals surface area contributed by atoms with Crippen LogP contribution in [-0.4, -0.2) is 7.05 Å². The number of rotatable bonds is 5. The van der Waals surface area contributed by atoms with E-state index in [0.717, 1.165) is 0 Å². The molecule has 126 valence electrons. The van der Waals surface area contributed by atoms with Gasteiger partial charge in [0.15, 0.2) is 6.20 Å². The maximum absolute atomic E-state index is 2.96. The number of nitrogens with zero attached hydrogens (tertiary/aromatic N) is 1. The van der Waals surface area contributed by atoms with Crippen LogP contribution >= 0.6 is 0 Å². The largest absolute Gasteiger partial charge is 0.394 e. The first-order valence-electron chi connectivity index (χ1n) is 8.45. The second-order valence-corrected chi connectivity index (χ2v) is 5.18. The molecular formula is C22H29N2+. The molecule has 24 heavy (non-hydrogen) atoms. The van der Waals surface area contributed by atoms with Crippen molar-refractivity contribution in [2.24, 2.45) is 7.05 Å². The summed E-state index contributed by atoms with van der Waals surface area (Å²) in [5, 5.41) is 4.22. The van der Waals surface area contributed by atoms with Gasteiger partial charge in [0.2, 0.25) is 5.52 Å². The second-order valence-electron chi connectivity index (χ2n) is 5.18. The fourth-order valence-electron chi connectivity index (χ4n) is 2.23. The highest BCUT2D eigenvalue weighted by Gasteiger charge is 2.06. The standard InChI is InChI=1S/C20H22N2.C2H6/c1-17(9-5-4-8-15-21-2)12-13-18-14-16-22(3)20-11-7-6-10-19(18)20;1-2/h4-16H,1-3H3;1-2H3/p+1. The summed E-state index contributed by atoms with van der Waals surface area (Å²) in [4.78, 5) is 0. The molecular weight excluding hydrogens is 292 g/mol. The second kappa shape index (κ2) is 11.0. The van der Waals surface area contributed by atoms with Crippen LogP contribution < -0.4 is 9.88 Å². The third-order valence-corrected chi connectivity index (χ3v) is 3.44. The number of benzene rings is 1. The lowest BCUT2D eigenvalue weighted by Gasteiger charge is -2.00. The molecule has 2 heteroatoms. The fraction of sp³-hybridized carbons (Fsp3) is 0.227. The van der Waals surface area contributed by atoms with E-state index in [1.807, 2.05) is 45.3 Å². The van der Waals surface area contributed by atoms with Gasteiger partial charge < -0.3 is 5.32 Å². The van der Waals surface area contributed by atoms with Gasteiger partial charge in [-0.15, -0.1) is 0 Å². The molecule has 0 fully saturated rings. The molecule has 0 aliphatic rings. The Morgan fingerprint density at radius 3 is 2.54 bits per heavy atom. The number of fused-ring (bicyclic) bond motifs is 1. The van der Waals surface area contributed by atoms with Gasteiger partial charge in [0.1, 0.15) is 7.05 Å². The lowest BCUT2D eigenvalue weighted by atomic mass is 10.1. The van der Waals surface area contributed by atoms with Crippen molar-refractivity contribution >= 4 is 17.0 Å². The SMILES string of the molecule is CC.CNC=CC=CC=C(C)C=Cc1cc[n+](C)c2ccccc12. The summed E-state index contributed by atoms with van der Waals surface area (Å²) in [7, 11) is 3.96. The topological polar surface area (TPSA) is 15.9 Å². The van der Waals surface area contributed by atoms with Gasteiger partial charge in [0.25, 0.3) is 0 Å². The van der Waals surface area contributed by atoms with Crippen LogP contribution in [0.1, 0.15) is 26.3 Å². The molecule has 0 saturated carbocycles. The van der Waals surface area contributed by atoms with Crippen molar-refractivity contribution < 1.29 is 4.57 Å². The summed E-state index contributed by atoms with van der Waals surface area (Å²) < 4.78 is 2.15. The Labute approximate surface area is 146 Å². The van der Waals surface area contributed by atoms with Gasteiger partial charge in [0.05, 0.1) is 5.39 Å². The van der Waals surface area contributed by atoms with E-state index in [2.05, 4.69) is 78.6 Å². The minimum absolute atomic E-state index is 1.21. The minimum atomic E-state index is 1.21. The molecule has 1 heterocycles. The Hall–Kier alpha value is -2.61. The molecule has 0 aliphatic carbocycles. The number of aromatic nitrogens is 1. The van der Waals surface area contributed by atoms with E-state index in [0.29, 0.717) is 0 Å². The van der Waals surface area contributed by atoms with Gasteiger partial charge in [0, 0.05) is 19.2 Å². The maximum Gasteiger partial charge on any atom is 0.212 e. The average Bonchev–Trinajstić information content (AvgIpc) is 2.63. The lowest BCUT2D eigenvalue weighted by molar-refractivity contribution is -0.644. The van der Waals surface area contributed by atoms with Gasteiger partial charge in [-0.25, -0.2) is 4.57 Å². The highest BCUT2D eigenvalue weighted by molar-refractivity contribution is 5.85. The van der Waals surface area contributed by atoms with Crippen molar-refractivity contribution in [1.82, 2.24) is 5.32 Å². The molecule has 1 aromatic carbocycles. The van der Waals surface area contributed by atoms with Crippen molar-refractivity contribution in [1.29, 1.82) is 0 Å². The van der Waals surface area contributed by atoms with Crippen LogP contribution in [0, 0.1) is 0 Å². The predicted octanol–water partition coefficient (Wildman–Crippen LogP) is 4.94. The number of hydrogen-bond acceptors (Lipinski definition) is 1. The van der Waals surface area contributed by atoms with Crippen molar-refractivity contribution in [3.05, 3.63) is 84.2 Å². The third-order valence-electron chi connectivity index (χ3n) is 3.44. The number of aryl methyl sites for hydroxylation is 1. The zero-order valence-electron chi connectivity index (χ0n) is 15.5. The van der Waals surface area contributed by atoms with E-state index in [9.17, 15) is 0 Å². The number of pyridine rings is 1. The number of hydrogen-bond donors (Lipinski definition) is 1. The quantitative estimate of drug-likeness (QED) is 0.609. The zero-order chi connectivity index (χ0) is 17.8. The van der Waals surface area contributed by atoms with Crippen LogP contribution in [0.2, 0.25) is 0 Å². The summed E-state index contributed by atoms with van der Waals surface area (Å²) in [6.45, 7) is 6.10. The molecule has 2 rings (SSSR count). The number of allylic oxidation sites excluding steroid dienone is 6. The summed E-state index contributed by atoms with van der Waals surface area (Å²) in [6, 6.07) is 10.6. The highest BCUT2D eigenvalue weighted by atomic mass is 14.9. The number of nitrogens with one attached hydrogen (secondary N) is 1. The molecule has 0 saturated heterocycles. The molecule has 1 aromatic heterocycles. The first-order valence-corrected chi connectivity index (χ1v) is 8.45. The first-order chi connectivity index (χ1) is 11.7. The summed E-state index contributed by atoms with van der Waals surface area (Å²) >= 11 is 0. The van der Waals surface area contributed by atoms with Crippen LogP contribution in [0.4, 0.5) is 0 Å². The molecule has 0 unspecified atom stereocenters. The van der Waals surface area contributed by atoms with Gasteiger partial charge in [-0.1, -0.05) is 61.9 Å².